The minimum absolute atomic E-state index is 0.566. The summed E-state index contributed by atoms with van der Waals surface area (Å²) in [5, 5.41) is 5.32. The summed E-state index contributed by atoms with van der Waals surface area (Å²) in [6, 6.07) is 28.3. The molecule has 0 atom stereocenters. The Morgan fingerprint density at radius 1 is 0.760 bits per heavy atom. The minimum atomic E-state index is 0.566. The van der Waals surface area contributed by atoms with Gasteiger partial charge in [0.25, 0.3) is 0 Å². The van der Waals surface area contributed by atoms with Gasteiger partial charge in [-0.1, -0.05) is 66.7 Å². The molecule has 1 heterocycles. The summed E-state index contributed by atoms with van der Waals surface area (Å²) in [6.45, 7) is 0.566. The third-order valence-corrected chi connectivity index (χ3v) is 6.06. The van der Waals surface area contributed by atoms with E-state index in [0.29, 0.717) is 6.54 Å². The van der Waals surface area contributed by atoms with Crippen molar-refractivity contribution in [1.29, 1.82) is 0 Å². The first kappa shape index (κ1) is 14.6. The molecule has 5 rings (SSSR count). The second kappa shape index (κ2) is 5.69. The molecule has 25 heavy (non-hydrogen) atoms. The Bertz CT molecular complexity index is 1230. The average molecular weight is 339 g/mol. The van der Waals surface area contributed by atoms with Crippen molar-refractivity contribution in [2.24, 2.45) is 5.73 Å². The number of rotatable bonds is 2. The molecular formula is C23H17NS. The Kier molecular flexibility index (Phi) is 3.34. The molecule has 0 spiro atoms. The van der Waals surface area contributed by atoms with Gasteiger partial charge in [-0.3, -0.25) is 0 Å². The van der Waals surface area contributed by atoms with Gasteiger partial charge in [0.2, 0.25) is 0 Å². The van der Waals surface area contributed by atoms with E-state index in [-0.39, 0.29) is 0 Å². The molecule has 1 nitrogen and oxygen atoms in total. The molecule has 5 aromatic rings. The lowest BCUT2D eigenvalue weighted by atomic mass is 9.95. The predicted molar refractivity (Wildman–Crippen MR) is 110 cm³/mol. The van der Waals surface area contributed by atoms with E-state index in [0.717, 1.165) is 5.56 Å². The van der Waals surface area contributed by atoms with E-state index in [1.54, 1.807) is 0 Å². The molecular weight excluding hydrogens is 322 g/mol. The molecule has 2 N–H and O–H groups in total. The van der Waals surface area contributed by atoms with Crippen LogP contribution in [-0.4, -0.2) is 0 Å². The van der Waals surface area contributed by atoms with Crippen molar-refractivity contribution in [3.8, 4) is 11.1 Å². The van der Waals surface area contributed by atoms with Gasteiger partial charge in [-0.05, 0) is 34.2 Å². The van der Waals surface area contributed by atoms with Gasteiger partial charge in [0, 0.05) is 32.1 Å². The summed E-state index contributed by atoms with van der Waals surface area (Å²) in [5.41, 5.74) is 9.53. The predicted octanol–water partition coefficient (Wildman–Crippen LogP) is 6.33. The third kappa shape index (κ3) is 2.26. The number of benzene rings is 4. The first-order valence-electron chi connectivity index (χ1n) is 8.47. The smallest absolute Gasteiger partial charge is 0.0440 e. The molecule has 0 aliphatic heterocycles. The topological polar surface area (TPSA) is 26.0 Å². The normalized spacial score (nSPS) is 11.6. The molecule has 2 heteroatoms. The van der Waals surface area contributed by atoms with Crippen LogP contribution >= 0.6 is 11.3 Å². The van der Waals surface area contributed by atoms with Crippen LogP contribution in [0.5, 0.6) is 0 Å². The van der Waals surface area contributed by atoms with Crippen LogP contribution in [-0.2, 0) is 6.54 Å². The lowest BCUT2D eigenvalue weighted by molar-refractivity contribution is 1.07. The maximum absolute atomic E-state index is 5.85. The fourth-order valence-corrected chi connectivity index (χ4v) is 4.93. The SMILES string of the molecule is NCc1cccc(-c2cccc3ccc4c5ccccc5sc4c23)c1. The van der Waals surface area contributed by atoms with E-state index < -0.39 is 0 Å². The highest BCUT2D eigenvalue weighted by Gasteiger charge is 2.12. The van der Waals surface area contributed by atoms with Crippen LogP contribution in [0.1, 0.15) is 5.56 Å². The zero-order chi connectivity index (χ0) is 16.8. The maximum atomic E-state index is 5.85. The Balaban J connectivity index is 1.93. The molecule has 0 bridgehead atoms. The lowest BCUT2D eigenvalue weighted by Gasteiger charge is -2.09. The van der Waals surface area contributed by atoms with Gasteiger partial charge < -0.3 is 5.73 Å². The second-order valence-electron chi connectivity index (χ2n) is 6.35. The zero-order valence-corrected chi connectivity index (χ0v) is 14.5. The van der Waals surface area contributed by atoms with Crippen molar-refractivity contribution < 1.29 is 0 Å². The highest BCUT2D eigenvalue weighted by Crippen LogP contribution is 2.41. The van der Waals surface area contributed by atoms with Gasteiger partial charge in [0.15, 0.2) is 0 Å². The molecule has 0 saturated heterocycles. The Labute approximate surface area is 150 Å². The Morgan fingerprint density at radius 3 is 2.56 bits per heavy atom. The first-order chi connectivity index (χ1) is 12.3. The van der Waals surface area contributed by atoms with Crippen LogP contribution in [0.2, 0.25) is 0 Å². The summed E-state index contributed by atoms with van der Waals surface area (Å²) < 4.78 is 2.71. The molecule has 0 fully saturated rings. The first-order valence-corrected chi connectivity index (χ1v) is 9.29. The molecule has 120 valence electrons. The fraction of sp³-hybridized carbons (Fsp3) is 0.0435. The summed E-state index contributed by atoms with van der Waals surface area (Å²) in [7, 11) is 0. The second-order valence-corrected chi connectivity index (χ2v) is 7.40. The fourth-order valence-electron chi connectivity index (χ4n) is 3.66. The molecule has 4 aromatic carbocycles. The summed E-state index contributed by atoms with van der Waals surface area (Å²) in [6.07, 6.45) is 0. The molecule has 0 saturated carbocycles. The van der Waals surface area contributed by atoms with Crippen LogP contribution in [0, 0.1) is 0 Å². The number of hydrogen-bond donors (Lipinski definition) is 1. The highest BCUT2D eigenvalue weighted by atomic mass is 32.1. The quantitative estimate of drug-likeness (QED) is 0.399. The van der Waals surface area contributed by atoms with Gasteiger partial charge >= 0.3 is 0 Å². The van der Waals surface area contributed by atoms with Crippen LogP contribution in [0.25, 0.3) is 42.1 Å². The lowest BCUT2D eigenvalue weighted by Crippen LogP contribution is -1.95. The minimum Gasteiger partial charge on any atom is -0.326 e. The van der Waals surface area contributed by atoms with Crippen LogP contribution in [0.4, 0.5) is 0 Å². The molecule has 1 aromatic heterocycles. The standard InChI is InChI=1S/C23H17NS/c24-14-15-5-3-7-17(13-15)18-9-4-6-16-11-12-20-19-8-1-2-10-21(19)25-23(20)22(16)18/h1-13H,14,24H2. The number of hydrogen-bond acceptors (Lipinski definition) is 2. The van der Waals surface area contributed by atoms with Crippen molar-refractivity contribution in [3.05, 3.63) is 84.4 Å². The number of fused-ring (bicyclic) bond motifs is 5. The Hall–Kier alpha value is -2.68. The van der Waals surface area contributed by atoms with Crippen molar-refractivity contribution in [1.82, 2.24) is 0 Å². The number of nitrogens with two attached hydrogens (primary N) is 1. The number of thiophene rings is 1. The monoisotopic (exact) mass is 339 g/mol. The molecule has 0 amide bonds. The molecule has 0 unspecified atom stereocenters. The molecule has 0 aliphatic carbocycles. The van der Waals surface area contributed by atoms with Crippen molar-refractivity contribution >= 4 is 42.3 Å². The van der Waals surface area contributed by atoms with Gasteiger partial charge in [-0.2, -0.15) is 0 Å². The summed E-state index contributed by atoms with van der Waals surface area (Å²) >= 11 is 1.89. The van der Waals surface area contributed by atoms with E-state index in [1.807, 2.05) is 11.3 Å². The molecule has 0 radical (unpaired) electrons. The van der Waals surface area contributed by atoms with Crippen molar-refractivity contribution in [2.45, 2.75) is 6.54 Å². The van der Waals surface area contributed by atoms with E-state index in [1.165, 1.54) is 42.1 Å². The largest absolute Gasteiger partial charge is 0.326 e. The third-order valence-electron chi connectivity index (χ3n) is 4.86. The zero-order valence-electron chi connectivity index (χ0n) is 13.7. The maximum Gasteiger partial charge on any atom is 0.0440 e. The average Bonchev–Trinajstić information content (AvgIpc) is 3.06. The van der Waals surface area contributed by atoms with Crippen LogP contribution in [0.15, 0.2) is 78.9 Å². The van der Waals surface area contributed by atoms with Crippen molar-refractivity contribution in [3.63, 3.8) is 0 Å². The molecule has 0 aliphatic rings. The van der Waals surface area contributed by atoms with E-state index >= 15 is 0 Å². The van der Waals surface area contributed by atoms with Gasteiger partial charge in [-0.25, -0.2) is 0 Å². The van der Waals surface area contributed by atoms with Gasteiger partial charge in [0.05, 0.1) is 0 Å². The van der Waals surface area contributed by atoms with E-state index in [9.17, 15) is 0 Å². The van der Waals surface area contributed by atoms with Gasteiger partial charge in [-0.15, -0.1) is 11.3 Å². The Morgan fingerprint density at radius 2 is 1.64 bits per heavy atom. The van der Waals surface area contributed by atoms with Gasteiger partial charge in [0.1, 0.15) is 0 Å². The highest BCUT2D eigenvalue weighted by molar-refractivity contribution is 7.26. The van der Waals surface area contributed by atoms with Crippen molar-refractivity contribution in [2.75, 3.05) is 0 Å². The summed E-state index contributed by atoms with van der Waals surface area (Å²) in [4.78, 5) is 0. The van der Waals surface area contributed by atoms with Crippen LogP contribution < -0.4 is 5.73 Å². The van der Waals surface area contributed by atoms with E-state index in [2.05, 4.69) is 78.9 Å². The van der Waals surface area contributed by atoms with E-state index in [4.69, 9.17) is 5.73 Å². The summed E-state index contributed by atoms with van der Waals surface area (Å²) in [5.74, 6) is 0. The van der Waals surface area contributed by atoms with Crippen LogP contribution in [0.3, 0.4) is 0 Å².